The first-order valence-electron chi connectivity index (χ1n) is 4.55. The number of rotatable bonds is 1. The molecule has 6 nitrogen and oxygen atoms in total. The second kappa shape index (κ2) is 3.64. The number of amides is 1. The number of carboxylic acid groups (broad SMARTS) is 1. The Morgan fingerprint density at radius 2 is 2.20 bits per heavy atom. The number of nitrogens with zero attached hydrogens (tertiary/aromatic N) is 2. The maximum Gasteiger partial charge on any atom is 0.354 e. The van der Waals surface area contributed by atoms with Gasteiger partial charge in [0, 0.05) is 12.0 Å². The van der Waals surface area contributed by atoms with Gasteiger partial charge < -0.3 is 10.4 Å². The van der Waals surface area contributed by atoms with Gasteiger partial charge in [-0.05, 0) is 12.8 Å². The SMILES string of the molecule is O=C1CCCc2c(ncnc2C(=O)O)N1. The minimum atomic E-state index is -1.09. The lowest BCUT2D eigenvalue weighted by molar-refractivity contribution is -0.116. The third-order valence-electron chi connectivity index (χ3n) is 2.24. The molecule has 1 aromatic rings. The van der Waals surface area contributed by atoms with Crippen LogP contribution in [-0.4, -0.2) is 27.0 Å². The van der Waals surface area contributed by atoms with E-state index in [1.807, 2.05) is 0 Å². The Labute approximate surface area is 85.4 Å². The molecule has 0 saturated heterocycles. The molecule has 0 bridgehead atoms. The first-order valence-corrected chi connectivity index (χ1v) is 4.55. The van der Waals surface area contributed by atoms with E-state index in [2.05, 4.69) is 15.3 Å². The van der Waals surface area contributed by atoms with E-state index in [1.54, 1.807) is 0 Å². The van der Waals surface area contributed by atoms with Gasteiger partial charge in [-0.1, -0.05) is 0 Å². The van der Waals surface area contributed by atoms with Crippen molar-refractivity contribution in [1.29, 1.82) is 0 Å². The number of fused-ring (bicyclic) bond motifs is 1. The van der Waals surface area contributed by atoms with Crippen molar-refractivity contribution in [2.75, 3.05) is 5.32 Å². The molecule has 1 aromatic heterocycles. The predicted molar refractivity (Wildman–Crippen MR) is 50.6 cm³/mol. The Balaban J connectivity index is 2.50. The highest BCUT2D eigenvalue weighted by Gasteiger charge is 2.20. The molecular weight excluding hydrogens is 198 g/mol. The van der Waals surface area contributed by atoms with Gasteiger partial charge in [-0.25, -0.2) is 14.8 Å². The Kier molecular flexibility index (Phi) is 2.32. The Bertz CT molecular complexity index is 431. The zero-order valence-electron chi connectivity index (χ0n) is 7.86. The van der Waals surface area contributed by atoms with Crippen LogP contribution in [0.2, 0.25) is 0 Å². The van der Waals surface area contributed by atoms with E-state index in [4.69, 9.17) is 5.11 Å². The second-order valence-corrected chi connectivity index (χ2v) is 3.26. The van der Waals surface area contributed by atoms with E-state index < -0.39 is 5.97 Å². The van der Waals surface area contributed by atoms with Gasteiger partial charge in [0.2, 0.25) is 5.91 Å². The van der Waals surface area contributed by atoms with Crippen molar-refractivity contribution in [2.24, 2.45) is 0 Å². The van der Waals surface area contributed by atoms with Crippen LogP contribution in [0.3, 0.4) is 0 Å². The summed E-state index contributed by atoms with van der Waals surface area (Å²) in [5, 5.41) is 11.5. The maximum absolute atomic E-state index is 11.2. The summed E-state index contributed by atoms with van der Waals surface area (Å²) in [5.41, 5.74) is 0.484. The second-order valence-electron chi connectivity index (χ2n) is 3.26. The summed E-state index contributed by atoms with van der Waals surface area (Å²) in [6, 6.07) is 0. The van der Waals surface area contributed by atoms with Crippen molar-refractivity contribution in [2.45, 2.75) is 19.3 Å². The normalized spacial score (nSPS) is 15.1. The van der Waals surface area contributed by atoms with Gasteiger partial charge in [0.15, 0.2) is 5.69 Å². The van der Waals surface area contributed by atoms with Crippen LogP contribution >= 0.6 is 0 Å². The average molecular weight is 207 g/mol. The number of nitrogens with one attached hydrogen (secondary N) is 1. The van der Waals surface area contributed by atoms with E-state index in [-0.39, 0.29) is 11.6 Å². The van der Waals surface area contributed by atoms with Gasteiger partial charge in [0.05, 0.1) is 0 Å². The van der Waals surface area contributed by atoms with Crippen molar-refractivity contribution in [1.82, 2.24) is 9.97 Å². The van der Waals surface area contributed by atoms with Gasteiger partial charge in [-0.3, -0.25) is 4.79 Å². The summed E-state index contributed by atoms with van der Waals surface area (Å²) in [5.74, 6) is -0.904. The zero-order chi connectivity index (χ0) is 10.8. The van der Waals surface area contributed by atoms with Crippen LogP contribution in [0.25, 0.3) is 0 Å². The van der Waals surface area contributed by atoms with Gasteiger partial charge >= 0.3 is 5.97 Å². The molecule has 0 radical (unpaired) electrons. The number of hydrogen-bond donors (Lipinski definition) is 2. The lowest BCUT2D eigenvalue weighted by Crippen LogP contribution is -2.13. The van der Waals surface area contributed by atoms with Crippen LogP contribution in [0.5, 0.6) is 0 Å². The first kappa shape index (κ1) is 9.57. The predicted octanol–water partition coefficient (Wildman–Crippen LogP) is 0.450. The third-order valence-corrected chi connectivity index (χ3v) is 2.24. The molecule has 15 heavy (non-hydrogen) atoms. The minimum Gasteiger partial charge on any atom is -0.476 e. The molecule has 0 unspecified atom stereocenters. The summed E-state index contributed by atoms with van der Waals surface area (Å²) in [7, 11) is 0. The highest BCUT2D eigenvalue weighted by Crippen LogP contribution is 2.21. The standard InChI is InChI=1S/C9H9N3O3/c13-6-3-1-2-5-7(9(14)15)10-4-11-8(5)12-6/h4H,1-3H2,(H,14,15)(H,10,11,12,13). The van der Waals surface area contributed by atoms with Crippen LogP contribution in [0.4, 0.5) is 5.82 Å². The van der Waals surface area contributed by atoms with Crippen LogP contribution in [0.1, 0.15) is 28.9 Å². The van der Waals surface area contributed by atoms with Crippen molar-refractivity contribution >= 4 is 17.7 Å². The summed E-state index contributed by atoms with van der Waals surface area (Å²) in [6.45, 7) is 0. The molecule has 0 spiro atoms. The number of carboxylic acids is 1. The molecule has 78 valence electrons. The van der Waals surface area contributed by atoms with E-state index in [1.165, 1.54) is 0 Å². The van der Waals surface area contributed by atoms with Crippen LogP contribution in [0, 0.1) is 0 Å². The molecule has 1 amide bonds. The highest BCUT2D eigenvalue weighted by atomic mass is 16.4. The molecular formula is C9H9N3O3. The number of aromatic carboxylic acids is 1. The van der Waals surface area contributed by atoms with Crippen LogP contribution < -0.4 is 5.32 Å². The molecule has 2 N–H and O–H groups in total. The van der Waals surface area contributed by atoms with Gasteiger partial charge in [-0.15, -0.1) is 0 Å². The Morgan fingerprint density at radius 1 is 1.40 bits per heavy atom. The van der Waals surface area contributed by atoms with Gasteiger partial charge in [0.25, 0.3) is 0 Å². The summed E-state index contributed by atoms with van der Waals surface area (Å²) < 4.78 is 0. The first-order chi connectivity index (χ1) is 7.18. The molecule has 0 saturated carbocycles. The van der Waals surface area contributed by atoms with E-state index in [0.29, 0.717) is 30.6 Å². The number of hydrogen-bond acceptors (Lipinski definition) is 4. The average Bonchev–Trinajstić information content (AvgIpc) is 2.37. The van der Waals surface area contributed by atoms with Crippen molar-refractivity contribution in [3.8, 4) is 0 Å². The lowest BCUT2D eigenvalue weighted by atomic mass is 10.1. The van der Waals surface area contributed by atoms with Gasteiger partial charge in [-0.2, -0.15) is 0 Å². The maximum atomic E-state index is 11.2. The van der Waals surface area contributed by atoms with E-state index >= 15 is 0 Å². The Morgan fingerprint density at radius 3 is 2.93 bits per heavy atom. The Hall–Kier alpha value is -1.98. The number of aromatic nitrogens is 2. The molecule has 2 heterocycles. The largest absolute Gasteiger partial charge is 0.476 e. The summed E-state index contributed by atoms with van der Waals surface area (Å²) >= 11 is 0. The van der Waals surface area contributed by atoms with Crippen molar-refractivity contribution in [3.05, 3.63) is 17.6 Å². The van der Waals surface area contributed by atoms with Crippen molar-refractivity contribution < 1.29 is 14.7 Å². The topological polar surface area (TPSA) is 92.2 Å². The molecule has 0 aromatic carbocycles. The van der Waals surface area contributed by atoms with Crippen LogP contribution in [0.15, 0.2) is 6.33 Å². The minimum absolute atomic E-state index is 0.0257. The quantitative estimate of drug-likeness (QED) is 0.697. The monoisotopic (exact) mass is 207 g/mol. The molecule has 0 aliphatic carbocycles. The zero-order valence-corrected chi connectivity index (χ0v) is 7.86. The highest BCUT2D eigenvalue weighted by molar-refractivity contribution is 5.94. The molecule has 0 atom stereocenters. The summed E-state index contributed by atoms with van der Waals surface area (Å²) in [4.78, 5) is 29.6. The van der Waals surface area contributed by atoms with Crippen molar-refractivity contribution in [3.63, 3.8) is 0 Å². The fourth-order valence-electron chi connectivity index (χ4n) is 1.56. The molecule has 6 heteroatoms. The number of carbonyl (C=O) groups excluding carboxylic acids is 1. The molecule has 0 fully saturated rings. The van der Waals surface area contributed by atoms with Gasteiger partial charge in [0.1, 0.15) is 12.1 Å². The fourth-order valence-corrected chi connectivity index (χ4v) is 1.56. The number of carbonyl (C=O) groups is 2. The third kappa shape index (κ3) is 1.78. The molecule has 1 aliphatic heterocycles. The molecule has 2 rings (SSSR count). The van der Waals surface area contributed by atoms with E-state index in [9.17, 15) is 9.59 Å². The number of anilines is 1. The lowest BCUT2D eigenvalue weighted by Gasteiger charge is -2.06. The van der Waals surface area contributed by atoms with Crippen LogP contribution in [-0.2, 0) is 11.2 Å². The van der Waals surface area contributed by atoms with E-state index in [0.717, 1.165) is 6.33 Å². The molecule has 1 aliphatic rings. The summed E-state index contributed by atoms with van der Waals surface area (Å²) in [6.07, 6.45) is 2.66. The fraction of sp³-hybridized carbons (Fsp3) is 0.333. The smallest absolute Gasteiger partial charge is 0.354 e.